The highest BCUT2D eigenvalue weighted by Gasteiger charge is 2.18. The molecule has 2 rings (SSSR count). The molecule has 25 heavy (non-hydrogen) atoms. The largest absolute Gasteiger partial charge is 0.377 e. The first-order valence-corrected chi connectivity index (χ1v) is 8.82. The molecule has 0 amide bonds. The Morgan fingerprint density at radius 2 is 2.00 bits per heavy atom. The normalized spacial score (nSPS) is 16.4. The molecule has 0 saturated carbocycles. The van der Waals surface area contributed by atoms with E-state index in [0.717, 1.165) is 5.96 Å². The van der Waals surface area contributed by atoms with Crippen molar-refractivity contribution in [2.45, 2.75) is 45.3 Å². The number of anilines is 1. The van der Waals surface area contributed by atoms with Crippen LogP contribution in [0, 0.1) is 0 Å². The number of aliphatic imine (C=N–C) groups is 1. The van der Waals surface area contributed by atoms with Crippen molar-refractivity contribution in [3.05, 3.63) is 29.8 Å². The zero-order chi connectivity index (χ0) is 17.6. The van der Waals surface area contributed by atoms with Crippen LogP contribution in [0.25, 0.3) is 0 Å². The predicted octanol–water partition coefficient (Wildman–Crippen LogP) is 3.56. The minimum absolute atomic E-state index is 0. The molecule has 0 bridgehead atoms. The van der Waals surface area contributed by atoms with Gasteiger partial charge in [-0.15, -0.1) is 24.0 Å². The van der Waals surface area contributed by atoms with E-state index in [1.807, 2.05) is 0 Å². The van der Waals surface area contributed by atoms with Crippen LogP contribution in [0.5, 0.6) is 0 Å². The standard InChI is InChI=1S/C19H32N4O.HI/c1-15(22-18(20-4)21-14-19(2,3)24-5)16-9-8-10-17(13-16)23-11-6-7-12-23;/h8-10,13,15H,6-7,11-12,14H2,1-5H3,(H2,20,21,22);1H. The molecular weight excluding hydrogens is 427 g/mol. The highest BCUT2D eigenvalue weighted by molar-refractivity contribution is 14.0. The number of halogens is 1. The van der Waals surface area contributed by atoms with Gasteiger partial charge in [0.25, 0.3) is 0 Å². The van der Waals surface area contributed by atoms with Crippen LogP contribution in [0.1, 0.15) is 45.2 Å². The van der Waals surface area contributed by atoms with Crippen LogP contribution in [0.4, 0.5) is 5.69 Å². The fraction of sp³-hybridized carbons (Fsp3) is 0.632. The highest BCUT2D eigenvalue weighted by atomic mass is 127. The summed E-state index contributed by atoms with van der Waals surface area (Å²) < 4.78 is 5.44. The van der Waals surface area contributed by atoms with Gasteiger partial charge in [-0.1, -0.05) is 12.1 Å². The number of nitrogens with zero attached hydrogens (tertiary/aromatic N) is 2. The molecule has 0 radical (unpaired) electrons. The van der Waals surface area contributed by atoms with Gasteiger partial charge in [-0.05, 0) is 51.3 Å². The second-order valence-electron chi connectivity index (χ2n) is 7.04. The second-order valence-corrected chi connectivity index (χ2v) is 7.04. The third kappa shape index (κ3) is 6.66. The lowest BCUT2D eigenvalue weighted by molar-refractivity contribution is 0.0268. The molecule has 1 aliphatic heterocycles. The molecular formula is C19H33IN4O. The molecule has 1 aliphatic rings. The second kappa shape index (κ2) is 10.2. The fourth-order valence-corrected chi connectivity index (χ4v) is 2.82. The molecule has 0 aromatic heterocycles. The SMILES string of the molecule is CN=C(NCC(C)(C)OC)NC(C)c1cccc(N2CCCC2)c1.I. The molecule has 2 N–H and O–H groups in total. The maximum Gasteiger partial charge on any atom is 0.191 e. The van der Waals surface area contributed by atoms with Crippen LogP contribution in [0.15, 0.2) is 29.3 Å². The zero-order valence-corrected chi connectivity index (χ0v) is 18.5. The first-order valence-electron chi connectivity index (χ1n) is 8.82. The van der Waals surface area contributed by atoms with Gasteiger partial charge in [0.05, 0.1) is 11.6 Å². The van der Waals surface area contributed by atoms with Crippen molar-refractivity contribution in [1.29, 1.82) is 0 Å². The first-order chi connectivity index (χ1) is 11.4. The van der Waals surface area contributed by atoms with Gasteiger partial charge in [0, 0.05) is 39.5 Å². The number of hydrogen-bond acceptors (Lipinski definition) is 3. The van der Waals surface area contributed by atoms with Gasteiger partial charge >= 0.3 is 0 Å². The lowest BCUT2D eigenvalue weighted by atomic mass is 10.1. The van der Waals surface area contributed by atoms with E-state index in [0.29, 0.717) is 6.54 Å². The van der Waals surface area contributed by atoms with Gasteiger partial charge in [0.1, 0.15) is 0 Å². The molecule has 0 aliphatic carbocycles. The van der Waals surface area contributed by atoms with E-state index in [4.69, 9.17) is 4.74 Å². The van der Waals surface area contributed by atoms with Crippen molar-refractivity contribution in [3.63, 3.8) is 0 Å². The summed E-state index contributed by atoms with van der Waals surface area (Å²) in [7, 11) is 3.52. The number of ether oxygens (including phenoxy) is 1. The van der Waals surface area contributed by atoms with E-state index in [9.17, 15) is 0 Å². The Balaban J connectivity index is 0.00000312. The summed E-state index contributed by atoms with van der Waals surface area (Å²) >= 11 is 0. The number of benzene rings is 1. The third-order valence-corrected chi connectivity index (χ3v) is 4.65. The Bertz CT molecular complexity index is 556. The van der Waals surface area contributed by atoms with E-state index >= 15 is 0 Å². The highest BCUT2D eigenvalue weighted by Crippen LogP contribution is 2.23. The van der Waals surface area contributed by atoms with Crippen molar-refractivity contribution in [1.82, 2.24) is 10.6 Å². The molecule has 1 unspecified atom stereocenters. The molecule has 1 heterocycles. The number of methoxy groups -OCH3 is 1. The molecule has 5 nitrogen and oxygen atoms in total. The minimum atomic E-state index is -0.226. The van der Waals surface area contributed by atoms with E-state index in [1.54, 1.807) is 14.2 Å². The number of nitrogens with one attached hydrogen (secondary N) is 2. The summed E-state index contributed by atoms with van der Waals surface area (Å²) in [5, 5.41) is 6.80. The molecule has 142 valence electrons. The lowest BCUT2D eigenvalue weighted by Crippen LogP contribution is -2.45. The van der Waals surface area contributed by atoms with E-state index in [2.05, 4.69) is 65.6 Å². The van der Waals surface area contributed by atoms with Crippen molar-refractivity contribution in [2.24, 2.45) is 4.99 Å². The monoisotopic (exact) mass is 460 g/mol. The zero-order valence-electron chi connectivity index (χ0n) is 16.1. The van der Waals surface area contributed by atoms with E-state index in [-0.39, 0.29) is 35.6 Å². The van der Waals surface area contributed by atoms with Gasteiger partial charge in [0.15, 0.2) is 5.96 Å². The number of rotatable bonds is 6. The minimum Gasteiger partial charge on any atom is -0.377 e. The Labute approximate surface area is 169 Å². The van der Waals surface area contributed by atoms with Crippen LogP contribution >= 0.6 is 24.0 Å². The van der Waals surface area contributed by atoms with Crippen molar-refractivity contribution >= 4 is 35.6 Å². The smallest absolute Gasteiger partial charge is 0.191 e. The summed E-state index contributed by atoms with van der Waals surface area (Å²) in [6.45, 7) is 9.30. The lowest BCUT2D eigenvalue weighted by Gasteiger charge is -2.26. The van der Waals surface area contributed by atoms with Gasteiger partial charge < -0.3 is 20.3 Å². The van der Waals surface area contributed by atoms with Crippen molar-refractivity contribution in [2.75, 3.05) is 38.7 Å². The average Bonchev–Trinajstić information content (AvgIpc) is 3.13. The quantitative estimate of drug-likeness (QED) is 0.387. The molecule has 6 heteroatoms. The maximum atomic E-state index is 5.44. The van der Waals surface area contributed by atoms with Crippen LogP contribution in [0.2, 0.25) is 0 Å². The Kier molecular flexibility index (Phi) is 8.99. The average molecular weight is 460 g/mol. The molecule has 1 atom stereocenters. The Morgan fingerprint density at radius 1 is 1.32 bits per heavy atom. The molecule has 1 aromatic rings. The van der Waals surface area contributed by atoms with Crippen LogP contribution in [0.3, 0.4) is 0 Å². The number of hydrogen-bond donors (Lipinski definition) is 2. The van der Waals surface area contributed by atoms with Crippen LogP contribution in [-0.4, -0.2) is 45.4 Å². The van der Waals surface area contributed by atoms with E-state index in [1.165, 1.54) is 37.2 Å². The summed E-state index contributed by atoms with van der Waals surface area (Å²) in [5.74, 6) is 0.791. The summed E-state index contributed by atoms with van der Waals surface area (Å²) in [6.07, 6.45) is 2.59. The molecule has 0 spiro atoms. The Hall–Kier alpha value is -1.02. The maximum absolute atomic E-state index is 5.44. The number of guanidine groups is 1. The topological polar surface area (TPSA) is 48.9 Å². The summed E-state index contributed by atoms with van der Waals surface area (Å²) in [5.41, 5.74) is 2.37. The van der Waals surface area contributed by atoms with Gasteiger partial charge in [-0.25, -0.2) is 0 Å². The van der Waals surface area contributed by atoms with Gasteiger partial charge in [0.2, 0.25) is 0 Å². The van der Waals surface area contributed by atoms with Crippen LogP contribution < -0.4 is 15.5 Å². The summed E-state index contributed by atoms with van der Waals surface area (Å²) in [4.78, 5) is 6.78. The molecule has 1 aromatic carbocycles. The molecule has 1 saturated heterocycles. The molecule has 1 fully saturated rings. The first kappa shape index (κ1) is 22.0. The predicted molar refractivity (Wildman–Crippen MR) is 117 cm³/mol. The van der Waals surface area contributed by atoms with E-state index < -0.39 is 0 Å². The van der Waals surface area contributed by atoms with Gasteiger partial charge in [-0.2, -0.15) is 0 Å². The van der Waals surface area contributed by atoms with Crippen molar-refractivity contribution < 1.29 is 4.74 Å². The van der Waals surface area contributed by atoms with Gasteiger partial charge in [-0.3, -0.25) is 4.99 Å². The third-order valence-electron chi connectivity index (χ3n) is 4.65. The van der Waals surface area contributed by atoms with Crippen molar-refractivity contribution in [3.8, 4) is 0 Å². The fourth-order valence-electron chi connectivity index (χ4n) is 2.82. The van der Waals surface area contributed by atoms with Crippen LogP contribution in [-0.2, 0) is 4.74 Å². The Morgan fingerprint density at radius 3 is 2.60 bits per heavy atom. The summed E-state index contributed by atoms with van der Waals surface area (Å²) in [6, 6.07) is 8.99.